The first-order chi connectivity index (χ1) is 9.96. The van der Waals surface area contributed by atoms with Gasteiger partial charge in [-0.1, -0.05) is 0 Å². The van der Waals surface area contributed by atoms with E-state index in [4.69, 9.17) is 9.47 Å². The molecule has 1 N–H and O–H groups in total. The van der Waals surface area contributed by atoms with Crippen molar-refractivity contribution in [1.82, 2.24) is 9.29 Å². The molecular weight excluding hydrogens is 292 g/mol. The van der Waals surface area contributed by atoms with Crippen molar-refractivity contribution in [3.8, 4) is 11.5 Å². The van der Waals surface area contributed by atoms with E-state index in [0.717, 1.165) is 5.56 Å². The van der Waals surface area contributed by atoms with Gasteiger partial charge in [-0.15, -0.1) is 0 Å². The second-order valence-electron chi connectivity index (χ2n) is 4.53. The third kappa shape index (κ3) is 3.56. The molecule has 0 radical (unpaired) electrons. The summed E-state index contributed by atoms with van der Waals surface area (Å²) in [5.41, 5.74) is 0.890. The van der Waals surface area contributed by atoms with Crippen molar-refractivity contribution in [2.24, 2.45) is 7.05 Å². The van der Waals surface area contributed by atoms with Crippen LogP contribution in [0.3, 0.4) is 0 Å². The number of rotatable bonds is 6. The van der Waals surface area contributed by atoms with E-state index >= 15 is 0 Å². The highest BCUT2D eigenvalue weighted by molar-refractivity contribution is 7.89. The van der Waals surface area contributed by atoms with Crippen LogP contribution in [0.5, 0.6) is 11.5 Å². The second kappa shape index (κ2) is 6.19. The highest BCUT2D eigenvalue weighted by atomic mass is 32.2. The van der Waals surface area contributed by atoms with E-state index in [1.54, 1.807) is 6.07 Å². The van der Waals surface area contributed by atoms with E-state index in [0.29, 0.717) is 11.5 Å². The maximum atomic E-state index is 12.3. The van der Waals surface area contributed by atoms with Crippen LogP contribution in [0.2, 0.25) is 0 Å². The zero-order chi connectivity index (χ0) is 15.5. The van der Waals surface area contributed by atoms with Crippen molar-refractivity contribution >= 4 is 10.0 Å². The summed E-state index contributed by atoms with van der Waals surface area (Å²) in [5, 5.41) is 0. The summed E-state index contributed by atoms with van der Waals surface area (Å²) in [4.78, 5) is 0.135. The van der Waals surface area contributed by atoms with Crippen LogP contribution in [0.1, 0.15) is 5.56 Å². The molecule has 0 saturated heterocycles. The standard InChI is InChI=1S/C14H18N2O4S/c1-16-7-6-11(10-16)9-15-21(17,18)12-4-5-13(19-2)14(8-12)20-3/h4-8,10,15H,9H2,1-3H3. The van der Waals surface area contributed by atoms with Crippen LogP contribution in [0.4, 0.5) is 0 Å². The number of sulfonamides is 1. The summed E-state index contributed by atoms with van der Waals surface area (Å²) in [6.07, 6.45) is 3.72. The van der Waals surface area contributed by atoms with Gasteiger partial charge in [0.25, 0.3) is 0 Å². The van der Waals surface area contributed by atoms with Crippen molar-refractivity contribution in [3.05, 3.63) is 42.2 Å². The Labute approximate surface area is 124 Å². The van der Waals surface area contributed by atoms with Crippen molar-refractivity contribution in [1.29, 1.82) is 0 Å². The number of aromatic nitrogens is 1. The summed E-state index contributed by atoms with van der Waals surface area (Å²) in [6.45, 7) is 0.234. The molecule has 0 fully saturated rings. The van der Waals surface area contributed by atoms with Gasteiger partial charge in [-0.3, -0.25) is 0 Å². The molecule has 1 aromatic heterocycles. The van der Waals surface area contributed by atoms with E-state index in [1.807, 2.05) is 30.1 Å². The number of methoxy groups -OCH3 is 2. The van der Waals surface area contributed by atoms with Gasteiger partial charge >= 0.3 is 0 Å². The minimum atomic E-state index is -3.60. The molecule has 114 valence electrons. The fourth-order valence-electron chi connectivity index (χ4n) is 1.91. The van der Waals surface area contributed by atoms with Crippen LogP contribution < -0.4 is 14.2 Å². The van der Waals surface area contributed by atoms with Gasteiger partial charge in [0.2, 0.25) is 10.0 Å². The third-order valence-electron chi connectivity index (χ3n) is 3.02. The number of hydrogen-bond acceptors (Lipinski definition) is 4. The lowest BCUT2D eigenvalue weighted by Gasteiger charge is -2.10. The van der Waals surface area contributed by atoms with Gasteiger partial charge in [0.15, 0.2) is 11.5 Å². The second-order valence-corrected chi connectivity index (χ2v) is 6.29. The summed E-state index contributed by atoms with van der Waals surface area (Å²) in [7, 11) is 1.24. The van der Waals surface area contributed by atoms with Crippen molar-refractivity contribution < 1.29 is 17.9 Å². The number of aryl methyl sites for hydroxylation is 1. The molecule has 2 aromatic rings. The van der Waals surface area contributed by atoms with E-state index in [1.165, 1.54) is 26.4 Å². The van der Waals surface area contributed by atoms with Crippen molar-refractivity contribution in [3.63, 3.8) is 0 Å². The minimum absolute atomic E-state index is 0.135. The van der Waals surface area contributed by atoms with Gasteiger partial charge < -0.3 is 14.0 Å². The minimum Gasteiger partial charge on any atom is -0.493 e. The SMILES string of the molecule is COc1ccc(S(=O)(=O)NCc2ccn(C)c2)cc1OC. The Kier molecular flexibility index (Phi) is 4.54. The normalized spacial score (nSPS) is 11.4. The zero-order valence-electron chi connectivity index (χ0n) is 12.2. The predicted molar refractivity (Wildman–Crippen MR) is 79.0 cm³/mol. The van der Waals surface area contributed by atoms with Gasteiger partial charge in [-0.2, -0.15) is 0 Å². The molecule has 0 aliphatic rings. The Bertz CT molecular complexity index is 722. The largest absolute Gasteiger partial charge is 0.493 e. The maximum Gasteiger partial charge on any atom is 0.241 e. The lowest BCUT2D eigenvalue weighted by Crippen LogP contribution is -2.23. The van der Waals surface area contributed by atoms with Crippen LogP contribution in [-0.2, 0) is 23.6 Å². The Morgan fingerprint density at radius 2 is 1.86 bits per heavy atom. The van der Waals surface area contributed by atoms with E-state index in [2.05, 4.69) is 4.72 Å². The molecule has 1 heterocycles. The first-order valence-corrected chi connectivity index (χ1v) is 7.77. The van der Waals surface area contributed by atoms with Gasteiger partial charge in [-0.25, -0.2) is 13.1 Å². The van der Waals surface area contributed by atoms with E-state index < -0.39 is 10.0 Å². The van der Waals surface area contributed by atoms with Crippen LogP contribution in [-0.4, -0.2) is 27.2 Å². The van der Waals surface area contributed by atoms with Gasteiger partial charge in [0.05, 0.1) is 19.1 Å². The molecule has 0 aliphatic heterocycles. The predicted octanol–water partition coefficient (Wildman–Crippen LogP) is 1.52. The fraction of sp³-hybridized carbons (Fsp3) is 0.286. The molecule has 1 aromatic carbocycles. The number of ether oxygens (including phenoxy) is 2. The monoisotopic (exact) mass is 310 g/mol. The maximum absolute atomic E-state index is 12.3. The third-order valence-corrected chi connectivity index (χ3v) is 4.42. The first-order valence-electron chi connectivity index (χ1n) is 6.29. The summed E-state index contributed by atoms with van der Waals surface area (Å²) >= 11 is 0. The van der Waals surface area contributed by atoms with Crippen LogP contribution in [0.15, 0.2) is 41.6 Å². The van der Waals surface area contributed by atoms with Crippen LogP contribution >= 0.6 is 0 Å². The van der Waals surface area contributed by atoms with Gasteiger partial charge in [0.1, 0.15) is 0 Å². The topological polar surface area (TPSA) is 69.6 Å². The number of nitrogens with zero attached hydrogens (tertiary/aromatic N) is 1. The summed E-state index contributed by atoms with van der Waals surface area (Å²) in [5.74, 6) is 0.861. The van der Waals surface area contributed by atoms with Gasteiger partial charge in [0, 0.05) is 32.1 Å². The number of benzene rings is 1. The molecular formula is C14H18N2O4S. The highest BCUT2D eigenvalue weighted by Gasteiger charge is 2.16. The Balaban J connectivity index is 2.19. The number of hydrogen-bond donors (Lipinski definition) is 1. The van der Waals surface area contributed by atoms with Crippen molar-refractivity contribution in [2.75, 3.05) is 14.2 Å². The smallest absolute Gasteiger partial charge is 0.241 e. The molecule has 7 heteroatoms. The molecule has 2 rings (SSSR count). The quantitative estimate of drug-likeness (QED) is 0.878. The molecule has 0 atom stereocenters. The molecule has 0 aliphatic carbocycles. The van der Waals surface area contributed by atoms with E-state index in [9.17, 15) is 8.42 Å². The summed E-state index contributed by atoms with van der Waals surface area (Å²) < 4.78 is 39.2. The molecule has 0 bridgehead atoms. The molecule has 0 saturated carbocycles. The lowest BCUT2D eigenvalue weighted by molar-refractivity contribution is 0.354. The average Bonchev–Trinajstić information content (AvgIpc) is 2.90. The first kappa shape index (κ1) is 15.4. The molecule has 6 nitrogen and oxygen atoms in total. The van der Waals surface area contributed by atoms with E-state index in [-0.39, 0.29) is 11.4 Å². The Morgan fingerprint density at radius 3 is 2.43 bits per heavy atom. The average molecular weight is 310 g/mol. The van der Waals surface area contributed by atoms with Crippen molar-refractivity contribution in [2.45, 2.75) is 11.4 Å². The number of nitrogens with one attached hydrogen (secondary N) is 1. The highest BCUT2D eigenvalue weighted by Crippen LogP contribution is 2.29. The molecule has 0 spiro atoms. The van der Waals surface area contributed by atoms with Crippen LogP contribution in [0.25, 0.3) is 0 Å². The Hall–Kier alpha value is -1.99. The van der Waals surface area contributed by atoms with Gasteiger partial charge in [-0.05, 0) is 23.8 Å². The molecule has 0 amide bonds. The van der Waals surface area contributed by atoms with Crippen LogP contribution in [0, 0.1) is 0 Å². The fourth-order valence-corrected chi connectivity index (χ4v) is 2.94. The molecule has 21 heavy (non-hydrogen) atoms. The Morgan fingerprint density at radius 1 is 1.14 bits per heavy atom. The zero-order valence-corrected chi connectivity index (χ0v) is 13.0. The lowest BCUT2D eigenvalue weighted by atomic mass is 10.3. The summed E-state index contributed by atoms with van der Waals surface area (Å²) in [6, 6.07) is 6.34. The molecule has 0 unspecified atom stereocenters.